The average molecular weight is 421 g/mol. The van der Waals surface area contributed by atoms with Crippen molar-refractivity contribution in [1.29, 1.82) is 0 Å². The molecule has 0 unspecified atom stereocenters. The summed E-state index contributed by atoms with van der Waals surface area (Å²) in [5.74, 6) is -1.08. The zero-order valence-corrected chi connectivity index (χ0v) is 17.3. The first kappa shape index (κ1) is 21.1. The number of carbonyl (C=O) groups is 2. The quantitative estimate of drug-likeness (QED) is 0.659. The molecule has 0 saturated carbocycles. The summed E-state index contributed by atoms with van der Waals surface area (Å²) < 4.78 is 41.7. The van der Waals surface area contributed by atoms with E-state index >= 15 is 0 Å². The van der Waals surface area contributed by atoms with E-state index in [2.05, 4.69) is 4.74 Å². The fourth-order valence-corrected chi connectivity index (χ4v) is 4.53. The summed E-state index contributed by atoms with van der Waals surface area (Å²) in [5.41, 5.74) is 2.35. The molecule has 0 fully saturated rings. The van der Waals surface area contributed by atoms with Gasteiger partial charge in [-0.25, -0.2) is 13.2 Å². The molecule has 3 rings (SSSR count). The van der Waals surface area contributed by atoms with Crippen LogP contribution in [0.1, 0.15) is 39.9 Å². The molecule has 8 nitrogen and oxygen atoms in total. The number of hydrogen-bond donors (Lipinski definition) is 0. The van der Waals surface area contributed by atoms with Gasteiger partial charge >= 0.3 is 11.9 Å². The minimum absolute atomic E-state index is 0.0420. The van der Waals surface area contributed by atoms with Gasteiger partial charge < -0.3 is 13.9 Å². The molecule has 1 aromatic carbocycles. The molecule has 1 aliphatic heterocycles. The summed E-state index contributed by atoms with van der Waals surface area (Å²) >= 11 is 0. The van der Waals surface area contributed by atoms with Crippen LogP contribution in [0.5, 0.6) is 0 Å². The Bertz CT molecular complexity index is 1030. The molecule has 0 amide bonds. The number of furan rings is 1. The van der Waals surface area contributed by atoms with E-state index in [1.54, 1.807) is 13.0 Å². The van der Waals surface area contributed by atoms with Crippen molar-refractivity contribution in [3.63, 3.8) is 0 Å². The van der Waals surface area contributed by atoms with E-state index in [0.717, 1.165) is 11.1 Å². The highest BCUT2D eigenvalue weighted by Gasteiger charge is 2.39. The minimum atomic E-state index is -3.61. The zero-order valence-electron chi connectivity index (χ0n) is 16.5. The second-order valence-corrected chi connectivity index (χ2v) is 8.97. The molecule has 2 aromatic rings. The smallest absolute Gasteiger partial charge is 0.374 e. The highest BCUT2D eigenvalue weighted by atomic mass is 32.2. The van der Waals surface area contributed by atoms with Gasteiger partial charge in [-0.05, 0) is 31.0 Å². The Kier molecular flexibility index (Phi) is 6.09. The second kappa shape index (κ2) is 8.38. The number of aryl methyl sites for hydroxylation is 1. The Morgan fingerprint density at radius 2 is 1.93 bits per heavy atom. The molecule has 9 heteroatoms. The monoisotopic (exact) mass is 421 g/mol. The predicted octanol–water partition coefficient (Wildman–Crippen LogP) is 2.19. The highest BCUT2D eigenvalue weighted by molar-refractivity contribution is 7.89. The molecule has 0 spiro atoms. The maximum atomic E-state index is 12.8. The number of rotatable bonds is 6. The third-order valence-corrected chi connectivity index (χ3v) is 6.72. The highest BCUT2D eigenvalue weighted by Crippen LogP contribution is 2.27. The van der Waals surface area contributed by atoms with Crippen LogP contribution in [0.2, 0.25) is 0 Å². The molecule has 0 radical (unpaired) electrons. The van der Waals surface area contributed by atoms with E-state index in [1.165, 1.54) is 18.3 Å². The van der Waals surface area contributed by atoms with Gasteiger partial charge in [-0.15, -0.1) is 0 Å². The summed E-state index contributed by atoms with van der Waals surface area (Å²) in [6.45, 7) is 3.13. The molecule has 0 bridgehead atoms. The number of sulfonamides is 1. The number of nitrogens with zero attached hydrogens (tertiary/aromatic N) is 1. The molecule has 156 valence electrons. The zero-order chi connectivity index (χ0) is 21.2. The second-order valence-electron chi connectivity index (χ2n) is 6.76. The fraction of sp³-hybridized carbons (Fsp3) is 0.400. The average Bonchev–Trinajstić information content (AvgIpc) is 3.10. The summed E-state index contributed by atoms with van der Waals surface area (Å²) in [7, 11) is -2.37. The molecule has 0 saturated heterocycles. The molecular formula is C20H23NO7S. The van der Waals surface area contributed by atoms with Crippen molar-refractivity contribution < 1.29 is 31.9 Å². The first-order valence-corrected chi connectivity index (χ1v) is 10.8. The van der Waals surface area contributed by atoms with Gasteiger partial charge in [0, 0.05) is 18.5 Å². The lowest BCUT2D eigenvalue weighted by molar-refractivity contribution is -0.150. The van der Waals surface area contributed by atoms with Crippen LogP contribution in [0.25, 0.3) is 0 Å². The van der Waals surface area contributed by atoms with E-state index in [1.807, 2.05) is 24.3 Å². The van der Waals surface area contributed by atoms with E-state index in [9.17, 15) is 18.0 Å². The lowest BCUT2D eigenvalue weighted by Crippen LogP contribution is -2.49. The summed E-state index contributed by atoms with van der Waals surface area (Å²) in [6.07, 6.45) is 0.235. The van der Waals surface area contributed by atoms with Crippen LogP contribution in [-0.4, -0.2) is 43.6 Å². The number of ether oxygens (including phenoxy) is 2. The molecular weight excluding hydrogens is 398 g/mol. The number of benzene rings is 1. The summed E-state index contributed by atoms with van der Waals surface area (Å²) in [5, 5.41) is 0. The Hall–Kier alpha value is -2.65. The van der Waals surface area contributed by atoms with Gasteiger partial charge in [-0.2, -0.15) is 4.31 Å². The largest absolute Gasteiger partial charge is 0.463 e. The van der Waals surface area contributed by atoms with Crippen LogP contribution >= 0.6 is 0 Å². The number of hydrogen-bond acceptors (Lipinski definition) is 7. The third-order valence-electron chi connectivity index (χ3n) is 4.90. The molecule has 1 atom stereocenters. The van der Waals surface area contributed by atoms with Gasteiger partial charge in [0.25, 0.3) is 0 Å². The number of fused-ring (bicyclic) bond motifs is 1. The van der Waals surface area contributed by atoms with Gasteiger partial charge in [0.05, 0.1) is 12.9 Å². The van der Waals surface area contributed by atoms with Crippen molar-refractivity contribution in [2.75, 3.05) is 12.9 Å². The molecule has 29 heavy (non-hydrogen) atoms. The molecule has 1 aromatic heterocycles. The van der Waals surface area contributed by atoms with Crippen molar-refractivity contribution in [2.45, 2.75) is 39.5 Å². The van der Waals surface area contributed by atoms with Crippen molar-refractivity contribution in [1.82, 2.24) is 4.31 Å². The molecule has 0 aliphatic carbocycles. The molecule has 1 aliphatic rings. The van der Waals surface area contributed by atoms with Gasteiger partial charge in [0.1, 0.15) is 18.4 Å². The van der Waals surface area contributed by atoms with Crippen LogP contribution in [0.3, 0.4) is 0 Å². The SMILES string of the molecule is CCS(=O)(=O)N1Cc2ccccc2C[C@H]1C(=O)OCc1cc(C)c(C(=O)OC)o1. The van der Waals surface area contributed by atoms with Crippen LogP contribution in [0, 0.1) is 6.92 Å². The van der Waals surface area contributed by atoms with Gasteiger partial charge in [-0.1, -0.05) is 24.3 Å². The first-order valence-electron chi connectivity index (χ1n) is 9.17. The van der Waals surface area contributed by atoms with E-state index in [-0.39, 0.29) is 36.8 Å². The van der Waals surface area contributed by atoms with Crippen LogP contribution in [-0.2, 0) is 43.9 Å². The maximum Gasteiger partial charge on any atom is 0.374 e. The summed E-state index contributed by atoms with van der Waals surface area (Å²) in [4.78, 5) is 24.4. The number of methoxy groups -OCH3 is 1. The van der Waals surface area contributed by atoms with Gasteiger partial charge in [0.2, 0.25) is 15.8 Å². The first-order chi connectivity index (χ1) is 13.8. The Labute approximate surface area is 169 Å². The normalized spacial score (nSPS) is 16.9. The standard InChI is InChI=1S/C20H23NO7S/c1-4-29(24,25)21-11-15-8-6-5-7-14(15)10-17(21)19(22)27-12-16-9-13(2)18(28-16)20(23)26-3/h5-9,17H,4,10-12H2,1-3H3/t17-/m0/s1. The lowest BCUT2D eigenvalue weighted by atomic mass is 9.96. The summed E-state index contributed by atoms with van der Waals surface area (Å²) in [6, 6.07) is 8.05. The number of esters is 2. The van der Waals surface area contributed by atoms with E-state index in [0.29, 0.717) is 5.56 Å². The topological polar surface area (TPSA) is 103 Å². The van der Waals surface area contributed by atoms with Gasteiger partial charge in [-0.3, -0.25) is 4.79 Å². The Morgan fingerprint density at radius 1 is 1.24 bits per heavy atom. The van der Waals surface area contributed by atoms with Crippen molar-refractivity contribution in [3.8, 4) is 0 Å². The van der Waals surface area contributed by atoms with Crippen LogP contribution in [0.15, 0.2) is 34.7 Å². The minimum Gasteiger partial charge on any atom is -0.463 e. The molecule has 0 N–H and O–H groups in total. The lowest BCUT2D eigenvalue weighted by Gasteiger charge is -2.34. The van der Waals surface area contributed by atoms with E-state index in [4.69, 9.17) is 9.15 Å². The number of carbonyl (C=O) groups excluding carboxylic acids is 2. The third kappa shape index (κ3) is 4.35. The van der Waals surface area contributed by atoms with Crippen LogP contribution in [0.4, 0.5) is 0 Å². The van der Waals surface area contributed by atoms with Crippen LogP contribution < -0.4 is 0 Å². The predicted molar refractivity (Wildman–Crippen MR) is 104 cm³/mol. The Morgan fingerprint density at radius 3 is 2.59 bits per heavy atom. The molecule has 2 heterocycles. The van der Waals surface area contributed by atoms with E-state index < -0.39 is 28.0 Å². The van der Waals surface area contributed by atoms with Gasteiger partial charge in [0.15, 0.2) is 0 Å². The van der Waals surface area contributed by atoms with Crippen molar-refractivity contribution in [3.05, 3.63) is 58.5 Å². The fourth-order valence-electron chi connectivity index (χ4n) is 3.31. The Balaban J connectivity index is 1.78. The maximum absolute atomic E-state index is 12.8. The van der Waals surface area contributed by atoms with Crippen molar-refractivity contribution in [2.24, 2.45) is 0 Å². The van der Waals surface area contributed by atoms with Crippen molar-refractivity contribution >= 4 is 22.0 Å².